The van der Waals surface area contributed by atoms with Crippen LogP contribution in [0.5, 0.6) is 5.75 Å². The molecule has 0 bridgehead atoms. The highest BCUT2D eigenvalue weighted by molar-refractivity contribution is 7.16. The number of esters is 3. The summed E-state index contributed by atoms with van der Waals surface area (Å²) in [7, 11) is 0. The lowest BCUT2D eigenvalue weighted by Crippen LogP contribution is -2.67. The molecule has 0 saturated carbocycles. The SMILES string of the molecule is CC(=O)N[C@@H]1[C@H](Oc2ccc3oc(=O)sc3c2)O[C@H](COC(C)=O)[C@H](OC(C)=O)[C@@H]1OC(C)=O. The predicted molar refractivity (Wildman–Crippen MR) is 115 cm³/mol. The smallest absolute Gasteiger partial charge is 0.396 e. The van der Waals surface area contributed by atoms with Crippen LogP contribution in [0.2, 0.25) is 0 Å². The number of fused-ring (bicyclic) bond motifs is 1. The summed E-state index contributed by atoms with van der Waals surface area (Å²) in [5, 5.41) is 2.61. The highest BCUT2D eigenvalue weighted by Crippen LogP contribution is 2.30. The molecule has 1 saturated heterocycles. The largest absolute Gasteiger partial charge is 0.463 e. The molecule has 13 heteroatoms. The minimum absolute atomic E-state index is 0.253. The van der Waals surface area contributed by atoms with Crippen molar-refractivity contribution in [2.75, 3.05) is 6.61 Å². The van der Waals surface area contributed by atoms with Gasteiger partial charge in [0.05, 0.1) is 4.70 Å². The first kappa shape index (κ1) is 25.2. The monoisotopic (exact) mass is 497 g/mol. The molecule has 184 valence electrons. The molecule has 5 atom stereocenters. The van der Waals surface area contributed by atoms with Gasteiger partial charge < -0.3 is 33.4 Å². The van der Waals surface area contributed by atoms with Crippen molar-refractivity contribution in [2.24, 2.45) is 0 Å². The van der Waals surface area contributed by atoms with E-state index in [1.807, 2.05) is 0 Å². The van der Waals surface area contributed by atoms with Crippen molar-refractivity contribution >= 4 is 45.4 Å². The molecule has 1 N–H and O–H groups in total. The maximum Gasteiger partial charge on any atom is 0.396 e. The average molecular weight is 497 g/mol. The Morgan fingerprint density at radius 2 is 1.68 bits per heavy atom. The third-order valence-corrected chi connectivity index (χ3v) is 5.41. The Hall–Kier alpha value is -3.45. The first-order valence-corrected chi connectivity index (χ1v) is 11.0. The standard InChI is InChI=1S/C21H23NO11S/c1-9(23)22-17-19(30-12(4)26)18(29-11(3)25)15(8-28-10(2)24)32-20(17)31-13-5-6-14-16(7-13)34-21(27)33-14/h5-7,15,17-20H,8H2,1-4H3,(H,22,23)/t15-,17+,18+,19-,20-/m1/s1. The Labute approximate surface area is 197 Å². The number of amides is 1. The molecule has 1 amide bonds. The van der Waals surface area contributed by atoms with Gasteiger partial charge in [0.1, 0.15) is 30.1 Å². The van der Waals surface area contributed by atoms with Crippen LogP contribution in [0.3, 0.4) is 0 Å². The molecular formula is C21H23NO11S. The molecule has 0 spiro atoms. The van der Waals surface area contributed by atoms with Crippen LogP contribution in [0.25, 0.3) is 10.3 Å². The molecule has 1 aliphatic heterocycles. The maximum absolute atomic E-state index is 12.0. The van der Waals surface area contributed by atoms with Crippen LogP contribution in [0, 0.1) is 0 Å². The molecule has 1 aromatic carbocycles. The Bertz CT molecular complexity index is 1140. The second-order valence-corrected chi connectivity index (χ2v) is 8.38. The summed E-state index contributed by atoms with van der Waals surface area (Å²) in [4.78, 5) is 58.0. The van der Waals surface area contributed by atoms with Crippen molar-refractivity contribution in [1.29, 1.82) is 0 Å². The Balaban J connectivity index is 1.99. The van der Waals surface area contributed by atoms with Crippen LogP contribution in [0.1, 0.15) is 27.7 Å². The molecule has 3 rings (SSSR count). The average Bonchev–Trinajstić information content (AvgIpc) is 3.09. The molecule has 1 aromatic heterocycles. The van der Waals surface area contributed by atoms with Crippen molar-refractivity contribution in [3.05, 3.63) is 27.9 Å². The molecule has 0 radical (unpaired) electrons. The Morgan fingerprint density at radius 1 is 1.00 bits per heavy atom. The second kappa shape index (κ2) is 10.7. The number of hydrogen-bond acceptors (Lipinski definition) is 12. The lowest BCUT2D eigenvalue weighted by molar-refractivity contribution is -0.257. The lowest BCUT2D eigenvalue weighted by Gasteiger charge is -2.44. The summed E-state index contributed by atoms with van der Waals surface area (Å²) < 4.78 is 33.2. The molecule has 34 heavy (non-hydrogen) atoms. The molecule has 1 aliphatic rings. The van der Waals surface area contributed by atoms with E-state index in [-0.39, 0.29) is 12.4 Å². The lowest BCUT2D eigenvalue weighted by atomic mass is 9.96. The van der Waals surface area contributed by atoms with E-state index in [1.54, 1.807) is 6.07 Å². The fourth-order valence-corrected chi connectivity index (χ4v) is 4.15. The van der Waals surface area contributed by atoms with Crippen LogP contribution in [0.4, 0.5) is 0 Å². The summed E-state index contributed by atoms with van der Waals surface area (Å²) in [5.74, 6) is -2.28. The van der Waals surface area contributed by atoms with Crippen molar-refractivity contribution in [1.82, 2.24) is 5.32 Å². The van der Waals surface area contributed by atoms with Crippen molar-refractivity contribution in [2.45, 2.75) is 58.3 Å². The Morgan fingerprint density at radius 3 is 2.29 bits per heavy atom. The Kier molecular flexibility index (Phi) is 7.89. The van der Waals surface area contributed by atoms with E-state index < -0.39 is 59.4 Å². The molecule has 2 aromatic rings. The van der Waals surface area contributed by atoms with Crippen molar-refractivity contribution in [3.8, 4) is 5.75 Å². The predicted octanol–water partition coefficient (Wildman–Crippen LogP) is 0.889. The van der Waals surface area contributed by atoms with E-state index in [2.05, 4.69) is 5.32 Å². The number of nitrogens with one attached hydrogen (secondary N) is 1. The molecule has 1 fully saturated rings. The first-order valence-electron chi connectivity index (χ1n) is 10.1. The quantitative estimate of drug-likeness (QED) is 0.428. The third-order valence-electron chi connectivity index (χ3n) is 4.63. The molecule has 2 heterocycles. The first-order chi connectivity index (χ1) is 16.0. The van der Waals surface area contributed by atoms with E-state index in [0.29, 0.717) is 10.3 Å². The topological polar surface area (TPSA) is 157 Å². The van der Waals surface area contributed by atoms with Crippen molar-refractivity contribution in [3.63, 3.8) is 0 Å². The molecule has 0 aliphatic carbocycles. The zero-order valence-corrected chi connectivity index (χ0v) is 19.5. The van der Waals surface area contributed by atoms with Gasteiger partial charge in [-0.05, 0) is 12.1 Å². The number of hydrogen-bond donors (Lipinski definition) is 1. The van der Waals surface area contributed by atoms with E-state index in [1.165, 1.54) is 26.0 Å². The minimum atomic E-state index is -1.26. The molecular weight excluding hydrogens is 474 g/mol. The van der Waals surface area contributed by atoms with Crippen molar-refractivity contribution < 1.29 is 47.3 Å². The highest BCUT2D eigenvalue weighted by Gasteiger charge is 2.52. The number of ether oxygens (including phenoxy) is 5. The van der Waals surface area contributed by atoms with Gasteiger partial charge in [-0.1, -0.05) is 11.3 Å². The van der Waals surface area contributed by atoms with E-state index >= 15 is 0 Å². The van der Waals surface area contributed by atoms with Gasteiger partial charge in [-0.25, -0.2) is 4.79 Å². The van der Waals surface area contributed by atoms with E-state index in [4.69, 9.17) is 28.1 Å². The van der Waals surface area contributed by atoms with Gasteiger partial charge in [0.2, 0.25) is 12.2 Å². The summed E-state index contributed by atoms with van der Waals surface area (Å²) in [5.41, 5.74) is 0.366. The maximum atomic E-state index is 12.0. The number of rotatable bonds is 7. The zero-order valence-electron chi connectivity index (χ0n) is 18.7. The van der Waals surface area contributed by atoms with Crippen LogP contribution in [-0.4, -0.2) is 61.1 Å². The van der Waals surface area contributed by atoms with Crippen LogP contribution >= 0.6 is 11.3 Å². The third kappa shape index (κ3) is 6.32. The van der Waals surface area contributed by atoms with Gasteiger partial charge in [0.25, 0.3) is 0 Å². The summed E-state index contributed by atoms with van der Waals surface area (Å²) in [6.07, 6.45) is -4.82. The van der Waals surface area contributed by atoms with Gasteiger partial charge in [0.15, 0.2) is 12.2 Å². The van der Waals surface area contributed by atoms with Crippen LogP contribution in [-0.2, 0) is 38.1 Å². The van der Waals surface area contributed by atoms with Gasteiger partial charge in [0, 0.05) is 33.8 Å². The van der Waals surface area contributed by atoms with Gasteiger partial charge in [-0.2, -0.15) is 0 Å². The second-order valence-electron chi connectivity index (χ2n) is 7.40. The normalized spacial score (nSPS) is 24.2. The van der Waals surface area contributed by atoms with Crippen LogP contribution < -0.4 is 15.0 Å². The van der Waals surface area contributed by atoms with Gasteiger partial charge in [-0.15, -0.1) is 0 Å². The molecule has 0 unspecified atom stereocenters. The fourth-order valence-electron chi connectivity index (χ4n) is 3.45. The fraction of sp³-hybridized carbons (Fsp3) is 0.476. The van der Waals surface area contributed by atoms with Gasteiger partial charge >= 0.3 is 22.8 Å². The minimum Gasteiger partial charge on any atom is -0.463 e. The number of carbonyl (C=O) groups is 4. The number of benzene rings is 1. The van der Waals surface area contributed by atoms with E-state index in [9.17, 15) is 24.0 Å². The highest BCUT2D eigenvalue weighted by atomic mass is 32.1. The zero-order chi connectivity index (χ0) is 25.0. The van der Waals surface area contributed by atoms with Crippen LogP contribution in [0.15, 0.2) is 27.4 Å². The van der Waals surface area contributed by atoms with Gasteiger partial charge in [-0.3, -0.25) is 19.2 Å². The summed E-state index contributed by atoms with van der Waals surface area (Å²) in [6, 6.07) is 3.48. The summed E-state index contributed by atoms with van der Waals surface area (Å²) in [6.45, 7) is 4.38. The summed E-state index contributed by atoms with van der Waals surface area (Å²) >= 11 is 0.871. The van der Waals surface area contributed by atoms with E-state index in [0.717, 1.165) is 25.2 Å². The number of carbonyl (C=O) groups excluding carboxylic acids is 4. The molecule has 12 nitrogen and oxygen atoms in total.